The van der Waals surface area contributed by atoms with Gasteiger partial charge in [-0.2, -0.15) is 0 Å². The average molecular weight is 313 g/mol. The van der Waals surface area contributed by atoms with Crippen LogP contribution in [0.25, 0.3) is 0 Å². The smallest absolute Gasteiger partial charge is 0.0385 e. The summed E-state index contributed by atoms with van der Waals surface area (Å²) in [5.41, 5.74) is 0. The van der Waals surface area contributed by atoms with E-state index in [1.807, 2.05) is 0 Å². The molecule has 0 atom stereocenters. The van der Waals surface area contributed by atoms with Gasteiger partial charge in [0, 0.05) is 18.3 Å². The van der Waals surface area contributed by atoms with Gasteiger partial charge in [-0.15, -0.1) is 0 Å². The maximum absolute atomic E-state index is 3.43. The van der Waals surface area contributed by atoms with Gasteiger partial charge in [-0.3, -0.25) is 0 Å². The highest BCUT2D eigenvalue weighted by Crippen LogP contribution is 2.10. The van der Waals surface area contributed by atoms with Crippen LogP contribution in [0.2, 0.25) is 0 Å². The van der Waals surface area contributed by atoms with E-state index in [0.717, 1.165) is 10.2 Å². The number of halogens is 2. The molecule has 48 valence electrons. The van der Waals surface area contributed by atoms with E-state index in [1.54, 1.807) is 0 Å². The number of hydrogen-bond acceptors (Lipinski definition) is 0. The molecule has 1 aromatic rings. The predicted octanol–water partition coefficient (Wildman–Crippen LogP) is 1.04. The number of rotatable bonds is 0. The molecule has 0 aromatic heterocycles. The normalized spacial score (nSPS) is 10.0. The molecule has 0 heterocycles. The standard InChI is InChI=1S/C6H6BrISi/c7-4-1-5(8)3-6(9)2-4/h1-3H,9H3. The predicted molar refractivity (Wildman–Crippen MR) is 56.4 cm³/mol. The molecule has 0 aliphatic rings. The minimum atomic E-state index is 1.14. The van der Waals surface area contributed by atoms with Gasteiger partial charge in [-0.1, -0.05) is 27.2 Å². The van der Waals surface area contributed by atoms with E-state index in [2.05, 4.69) is 56.7 Å². The Morgan fingerprint density at radius 2 is 2.00 bits per heavy atom. The Bertz CT molecular complexity index is 174. The zero-order valence-corrected chi connectivity index (χ0v) is 10.7. The molecule has 0 radical (unpaired) electrons. The lowest BCUT2D eigenvalue weighted by Crippen LogP contribution is -2.00. The van der Waals surface area contributed by atoms with Crippen LogP contribution in [0.15, 0.2) is 22.7 Å². The first-order valence-corrected chi connectivity index (χ1v) is 5.48. The van der Waals surface area contributed by atoms with Crippen LogP contribution in [0.3, 0.4) is 0 Å². The second-order valence-corrected chi connectivity index (χ2v) is 5.26. The van der Waals surface area contributed by atoms with Gasteiger partial charge in [-0.25, -0.2) is 0 Å². The zero-order chi connectivity index (χ0) is 6.85. The highest BCUT2D eigenvalue weighted by atomic mass is 127. The number of benzene rings is 1. The van der Waals surface area contributed by atoms with Crippen molar-refractivity contribution in [3.63, 3.8) is 0 Å². The molecule has 0 saturated heterocycles. The van der Waals surface area contributed by atoms with E-state index in [0.29, 0.717) is 0 Å². The summed E-state index contributed by atoms with van der Waals surface area (Å²) in [5, 5.41) is 1.44. The van der Waals surface area contributed by atoms with E-state index in [9.17, 15) is 0 Å². The van der Waals surface area contributed by atoms with Gasteiger partial charge >= 0.3 is 0 Å². The molecule has 9 heavy (non-hydrogen) atoms. The van der Waals surface area contributed by atoms with Gasteiger partial charge in [0.05, 0.1) is 0 Å². The molecule has 0 N–H and O–H groups in total. The molecule has 3 heteroatoms. The lowest BCUT2D eigenvalue weighted by molar-refractivity contribution is 1.64. The highest BCUT2D eigenvalue weighted by molar-refractivity contribution is 14.1. The monoisotopic (exact) mass is 312 g/mol. The Balaban J connectivity index is 3.17. The molecule has 0 unspecified atom stereocenters. The van der Waals surface area contributed by atoms with Crippen LogP contribution in [0.1, 0.15) is 0 Å². The van der Waals surface area contributed by atoms with Gasteiger partial charge in [-0.05, 0) is 34.7 Å². The van der Waals surface area contributed by atoms with Crippen molar-refractivity contribution in [3.05, 3.63) is 26.2 Å². The van der Waals surface area contributed by atoms with Crippen LogP contribution >= 0.6 is 38.5 Å². The van der Waals surface area contributed by atoms with Crippen molar-refractivity contribution in [3.8, 4) is 0 Å². The lowest BCUT2D eigenvalue weighted by Gasteiger charge is -1.94. The first-order chi connectivity index (χ1) is 4.18. The summed E-state index contributed by atoms with van der Waals surface area (Å²) in [6, 6.07) is 6.48. The Kier molecular flexibility index (Phi) is 2.72. The van der Waals surface area contributed by atoms with Crippen molar-refractivity contribution in [1.29, 1.82) is 0 Å². The van der Waals surface area contributed by atoms with E-state index < -0.39 is 0 Å². The zero-order valence-electron chi connectivity index (χ0n) is 4.99. The molecule has 1 rings (SSSR count). The van der Waals surface area contributed by atoms with Crippen molar-refractivity contribution in [2.45, 2.75) is 0 Å². The summed E-state index contributed by atoms with van der Waals surface area (Å²) in [7, 11) is 1.14. The van der Waals surface area contributed by atoms with Crippen molar-refractivity contribution in [1.82, 2.24) is 0 Å². The first kappa shape index (κ1) is 7.75. The highest BCUT2D eigenvalue weighted by Gasteiger charge is 1.90. The third-order valence-electron chi connectivity index (χ3n) is 1.01. The molecule has 0 nitrogen and oxygen atoms in total. The van der Waals surface area contributed by atoms with E-state index >= 15 is 0 Å². The molecular weight excluding hydrogens is 307 g/mol. The molecule has 0 saturated carbocycles. The van der Waals surface area contributed by atoms with Crippen molar-refractivity contribution < 1.29 is 0 Å². The molecule has 0 bridgehead atoms. The van der Waals surface area contributed by atoms with E-state index in [1.165, 1.54) is 13.2 Å². The second-order valence-electron chi connectivity index (χ2n) is 1.95. The molecule has 1 aromatic carbocycles. The summed E-state index contributed by atoms with van der Waals surface area (Å²) in [4.78, 5) is 0. The SMILES string of the molecule is [SiH3]c1cc(Br)cc(I)c1. The topological polar surface area (TPSA) is 0 Å². The van der Waals surface area contributed by atoms with Gasteiger partial charge in [0.1, 0.15) is 0 Å². The summed E-state index contributed by atoms with van der Waals surface area (Å²) in [6.07, 6.45) is 0. The Morgan fingerprint density at radius 1 is 1.33 bits per heavy atom. The molecule has 0 spiro atoms. The summed E-state index contributed by atoms with van der Waals surface area (Å²) in [6.45, 7) is 0. The quantitative estimate of drug-likeness (QED) is 0.496. The fraction of sp³-hybridized carbons (Fsp3) is 0. The average Bonchev–Trinajstić information content (AvgIpc) is 1.59. The Hall–Kier alpha value is 0.647. The minimum Gasteiger partial charge on any atom is -0.0686 e. The summed E-state index contributed by atoms with van der Waals surface area (Å²) < 4.78 is 2.51. The fourth-order valence-corrected chi connectivity index (χ4v) is 4.19. The molecule has 0 fully saturated rings. The van der Waals surface area contributed by atoms with Crippen molar-refractivity contribution >= 4 is 54.0 Å². The third-order valence-corrected chi connectivity index (χ3v) is 2.66. The van der Waals surface area contributed by atoms with Crippen LogP contribution in [0.5, 0.6) is 0 Å². The second kappa shape index (κ2) is 3.16. The van der Waals surface area contributed by atoms with Crippen LogP contribution in [-0.2, 0) is 0 Å². The van der Waals surface area contributed by atoms with Crippen LogP contribution in [-0.4, -0.2) is 10.2 Å². The largest absolute Gasteiger partial charge is 0.0686 e. The number of hydrogen-bond donors (Lipinski definition) is 0. The minimum absolute atomic E-state index is 1.14. The van der Waals surface area contributed by atoms with Crippen LogP contribution in [0, 0.1) is 3.57 Å². The summed E-state index contributed by atoms with van der Waals surface area (Å²) in [5.74, 6) is 0. The van der Waals surface area contributed by atoms with Gasteiger partial charge in [0.2, 0.25) is 0 Å². The fourth-order valence-electron chi connectivity index (χ4n) is 0.692. The van der Waals surface area contributed by atoms with Crippen molar-refractivity contribution in [2.75, 3.05) is 0 Å². The van der Waals surface area contributed by atoms with Gasteiger partial charge in [0.25, 0.3) is 0 Å². The maximum atomic E-state index is 3.43. The molecule has 0 aliphatic carbocycles. The van der Waals surface area contributed by atoms with Gasteiger partial charge in [0.15, 0.2) is 0 Å². The van der Waals surface area contributed by atoms with E-state index in [-0.39, 0.29) is 0 Å². The van der Waals surface area contributed by atoms with Crippen molar-refractivity contribution in [2.24, 2.45) is 0 Å². The van der Waals surface area contributed by atoms with E-state index in [4.69, 9.17) is 0 Å². The molecular formula is C6H6BrISi. The molecule has 0 aliphatic heterocycles. The third kappa shape index (κ3) is 2.39. The lowest BCUT2D eigenvalue weighted by atomic mass is 10.4. The van der Waals surface area contributed by atoms with Crippen LogP contribution < -0.4 is 5.19 Å². The first-order valence-electron chi connectivity index (χ1n) is 2.61. The van der Waals surface area contributed by atoms with Crippen LogP contribution in [0.4, 0.5) is 0 Å². The maximum Gasteiger partial charge on any atom is 0.0385 e. The molecule has 0 amide bonds. The Morgan fingerprint density at radius 3 is 2.44 bits per heavy atom. The Labute approximate surface area is 79.7 Å². The van der Waals surface area contributed by atoms with Gasteiger partial charge < -0.3 is 0 Å². The summed E-state index contributed by atoms with van der Waals surface area (Å²) >= 11 is 5.75.